The molecule has 2 amide bonds. The summed E-state index contributed by atoms with van der Waals surface area (Å²) in [6, 6.07) is -3.09. The molecule has 3 unspecified atom stereocenters. The Kier molecular flexibility index (Phi) is 8.10. The Balaban J connectivity index is 4.48. The van der Waals surface area contributed by atoms with Crippen LogP contribution in [0, 0.1) is 5.92 Å². The average Bonchev–Trinajstić information content (AvgIpc) is 2.40. The minimum absolute atomic E-state index is 0.0563. The van der Waals surface area contributed by atoms with Crippen LogP contribution in [0.2, 0.25) is 0 Å². The Labute approximate surface area is 128 Å². The highest BCUT2D eigenvalue weighted by molar-refractivity contribution is 5.91. The summed E-state index contributed by atoms with van der Waals surface area (Å²) in [5.41, 5.74) is 5.51. The van der Waals surface area contributed by atoms with Gasteiger partial charge in [0.05, 0.1) is 6.04 Å². The van der Waals surface area contributed by atoms with E-state index >= 15 is 0 Å². The zero-order chi connectivity index (χ0) is 17.4. The van der Waals surface area contributed by atoms with Crippen molar-refractivity contribution in [2.24, 2.45) is 11.7 Å². The van der Waals surface area contributed by atoms with Gasteiger partial charge in [0.15, 0.2) is 0 Å². The van der Waals surface area contributed by atoms with Crippen LogP contribution in [0.25, 0.3) is 0 Å². The van der Waals surface area contributed by atoms with Gasteiger partial charge in [0.2, 0.25) is 11.8 Å². The smallest absolute Gasteiger partial charge is 0.326 e. The lowest BCUT2D eigenvalue weighted by Crippen LogP contribution is -2.54. The molecule has 0 bridgehead atoms. The van der Waals surface area contributed by atoms with Gasteiger partial charge in [-0.2, -0.15) is 0 Å². The maximum Gasteiger partial charge on any atom is 0.326 e. The Morgan fingerprint density at radius 1 is 1.00 bits per heavy atom. The first-order valence-corrected chi connectivity index (χ1v) is 6.87. The molecule has 0 saturated heterocycles. The van der Waals surface area contributed by atoms with E-state index < -0.39 is 41.9 Å². The summed E-state index contributed by atoms with van der Waals surface area (Å²) >= 11 is 0. The van der Waals surface area contributed by atoms with Gasteiger partial charge in [0.1, 0.15) is 12.1 Å². The van der Waals surface area contributed by atoms with E-state index in [4.69, 9.17) is 15.9 Å². The molecule has 0 saturated carbocycles. The van der Waals surface area contributed by atoms with Crippen molar-refractivity contribution in [2.45, 2.75) is 51.7 Å². The number of carboxylic acid groups (broad SMARTS) is 2. The monoisotopic (exact) mass is 317 g/mol. The van der Waals surface area contributed by atoms with Gasteiger partial charge in [-0.3, -0.25) is 14.4 Å². The van der Waals surface area contributed by atoms with Crippen LogP contribution in [0.1, 0.15) is 33.6 Å². The zero-order valence-electron chi connectivity index (χ0n) is 12.8. The van der Waals surface area contributed by atoms with Crippen LogP contribution in [-0.2, 0) is 19.2 Å². The van der Waals surface area contributed by atoms with Gasteiger partial charge in [-0.25, -0.2) is 4.79 Å². The molecule has 0 fully saturated rings. The summed E-state index contributed by atoms with van der Waals surface area (Å²) in [5.74, 6) is -3.88. The molecule has 0 aliphatic heterocycles. The number of carbonyl (C=O) groups excluding carboxylic acids is 2. The molecule has 0 aromatic carbocycles. The molecule has 3 atom stereocenters. The van der Waals surface area contributed by atoms with Crippen LogP contribution in [-0.4, -0.2) is 52.1 Å². The third-order valence-electron chi connectivity index (χ3n) is 2.99. The number of carbonyl (C=O) groups is 4. The van der Waals surface area contributed by atoms with E-state index in [9.17, 15) is 19.2 Å². The van der Waals surface area contributed by atoms with Crippen LogP contribution >= 0.6 is 0 Å². The first-order valence-electron chi connectivity index (χ1n) is 6.87. The molecule has 0 aromatic rings. The van der Waals surface area contributed by atoms with E-state index in [1.807, 2.05) is 0 Å². The Bertz CT molecular complexity index is 437. The largest absolute Gasteiger partial charge is 0.481 e. The van der Waals surface area contributed by atoms with E-state index in [-0.39, 0.29) is 18.8 Å². The Morgan fingerprint density at radius 3 is 1.95 bits per heavy atom. The molecule has 9 nitrogen and oxygen atoms in total. The molecule has 0 heterocycles. The highest BCUT2D eigenvalue weighted by atomic mass is 16.4. The topological polar surface area (TPSA) is 159 Å². The fourth-order valence-electron chi connectivity index (χ4n) is 1.59. The molecule has 6 N–H and O–H groups in total. The van der Waals surface area contributed by atoms with Crippen molar-refractivity contribution in [1.29, 1.82) is 0 Å². The maximum absolute atomic E-state index is 11.9. The quantitative estimate of drug-likeness (QED) is 0.361. The number of carboxylic acids is 2. The highest BCUT2D eigenvalue weighted by Gasteiger charge is 2.27. The molecular weight excluding hydrogens is 294 g/mol. The standard InChI is InChI=1S/C13H23N3O6/c1-6(2)10(13(21)22)16-11(19)7(3)15-12(20)8(14)4-5-9(17)18/h6-8,10H,4-5,14H2,1-3H3,(H,15,20)(H,16,19)(H,17,18)(H,21,22). The number of rotatable bonds is 9. The minimum Gasteiger partial charge on any atom is -0.481 e. The molecule has 9 heteroatoms. The van der Waals surface area contributed by atoms with Gasteiger partial charge in [0.25, 0.3) is 0 Å². The number of nitrogens with one attached hydrogen (secondary N) is 2. The van der Waals surface area contributed by atoms with Gasteiger partial charge in [-0.05, 0) is 19.3 Å². The van der Waals surface area contributed by atoms with Crippen molar-refractivity contribution >= 4 is 23.8 Å². The number of hydrogen-bond acceptors (Lipinski definition) is 5. The lowest BCUT2D eigenvalue weighted by molar-refractivity contribution is -0.143. The summed E-state index contributed by atoms with van der Waals surface area (Å²) in [4.78, 5) is 45.0. The van der Waals surface area contributed by atoms with E-state index in [1.54, 1.807) is 13.8 Å². The van der Waals surface area contributed by atoms with Crippen LogP contribution in [0.15, 0.2) is 0 Å². The summed E-state index contributed by atoms with van der Waals surface area (Å²) in [7, 11) is 0. The van der Waals surface area contributed by atoms with Crippen molar-refractivity contribution < 1.29 is 29.4 Å². The molecule has 0 rings (SSSR count). The molecule has 126 valence electrons. The van der Waals surface area contributed by atoms with Gasteiger partial charge >= 0.3 is 11.9 Å². The Morgan fingerprint density at radius 2 is 1.55 bits per heavy atom. The van der Waals surface area contributed by atoms with E-state index in [1.165, 1.54) is 6.92 Å². The summed E-state index contributed by atoms with van der Waals surface area (Å²) in [5, 5.41) is 22.1. The van der Waals surface area contributed by atoms with E-state index in [2.05, 4.69) is 10.6 Å². The maximum atomic E-state index is 11.9. The van der Waals surface area contributed by atoms with Crippen molar-refractivity contribution in [1.82, 2.24) is 10.6 Å². The average molecular weight is 317 g/mol. The Hall–Kier alpha value is -2.16. The lowest BCUT2D eigenvalue weighted by atomic mass is 10.0. The molecule has 0 aromatic heterocycles. The molecular formula is C13H23N3O6. The van der Waals surface area contributed by atoms with E-state index in [0.29, 0.717) is 0 Å². The third kappa shape index (κ3) is 7.02. The zero-order valence-corrected chi connectivity index (χ0v) is 12.8. The second kappa shape index (κ2) is 8.98. The minimum atomic E-state index is -1.17. The molecule has 0 aliphatic rings. The number of nitrogens with two attached hydrogens (primary N) is 1. The van der Waals surface area contributed by atoms with Gasteiger partial charge in [-0.1, -0.05) is 13.8 Å². The molecule has 22 heavy (non-hydrogen) atoms. The number of hydrogen-bond donors (Lipinski definition) is 5. The van der Waals surface area contributed by atoms with Crippen LogP contribution < -0.4 is 16.4 Å². The van der Waals surface area contributed by atoms with Crippen LogP contribution in [0.3, 0.4) is 0 Å². The molecule has 0 aliphatic carbocycles. The first kappa shape index (κ1) is 19.8. The molecule has 0 spiro atoms. The normalized spacial score (nSPS) is 14.8. The highest BCUT2D eigenvalue weighted by Crippen LogP contribution is 2.02. The predicted molar refractivity (Wildman–Crippen MR) is 76.9 cm³/mol. The lowest BCUT2D eigenvalue weighted by Gasteiger charge is -2.22. The van der Waals surface area contributed by atoms with Crippen LogP contribution in [0.4, 0.5) is 0 Å². The van der Waals surface area contributed by atoms with Crippen molar-refractivity contribution in [2.75, 3.05) is 0 Å². The van der Waals surface area contributed by atoms with Gasteiger partial charge in [0, 0.05) is 6.42 Å². The fraction of sp³-hybridized carbons (Fsp3) is 0.692. The number of aliphatic carboxylic acids is 2. The van der Waals surface area contributed by atoms with Crippen molar-refractivity contribution in [3.8, 4) is 0 Å². The predicted octanol–water partition coefficient (Wildman–Crippen LogP) is -1.09. The summed E-state index contributed by atoms with van der Waals surface area (Å²) in [6.07, 6.45) is -0.317. The second-order valence-electron chi connectivity index (χ2n) is 5.34. The van der Waals surface area contributed by atoms with Crippen molar-refractivity contribution in [3.05, 3.63) is 0 Å². The fourth-order valence-corrected chi connectivity index (χ4v) is 1.59. The summed E-state index contributed by atoms with van der Waals surface area (Å²) < 4.78 is 0. The molecule has 0 radical (unpaired) electrons. The number of amides is 2. The first-order chi connectivity index (χ1) is 10.1. The van der Waals surface area contributed by atoms with Crippen molar-refractivity contribution in [3.63, 3.8) is 0 Å². The van der Waals surface area contributed by atoms with Gasteiger partial charge in [-0.15, -0.1) is 0 Å². The summed E-state index contributed by atoms with van der Waals surface area (Å²) in [6.45, 7) is 4.67. The third-order valence-corrected chi connectivity index (χ3v) is 2.99. The second-order valence-corrected chi connectivity index (χ2v) is 5.34. The SMILES string of the molecule is CC(NC(=O)C(N)CCC(=O)O)C(=O)NC(C(=O)O)C(C)C. The van der Waals surface area contributed by atoms with Gasteiger partial charge < -0.3 is 26.6 Å². The van der Waals surface area contributed by atoms with E-state index in [0.717, 1.165) is 0 Å². The van der Waals surface area contributed by atoms with Crippen LogP contribution in [0.5, 0.6) is 0 Å².